The van der Waals surface area contributed by atoms with E-state index in [2.05, 4.69) is 4.99 Å². The zero-order chi connectivity index (χ0) is 24.4. The quantitative estimate of drug-likeness (QED) is 0.453. The van der Waals surface area contributed by atoms with Crippen molar-refractivity contribution >= 4 is 17.5 Å². The van der Waals surface area contributed by atoms with Crippen molar-refractivity contribution in [2.45, 2.75) is 89.4 Å². The lowest BCUT2D eigenvalue weighted by Crippen LogP contribution is -2.60. The Morgan fingerprint density at radius 1 is 1.15 bits per heavy atom. The first-order chi connectivity index (χ1) is 16.1. The normalized spacial score (nSPS) is 31.4. The second-order valence-corrected chi connectivity index (χ2v) is 11.0. The SMILES string of the molecule is CC1=NC2(CC3(CCC(n4c(=O)c(C(=N)N)c(O)n(CC5CCCC5)c4=O)CC3)C2)N(C)C1=O. The summed E-state index contributed by atoms with van der Waals surface area (Å²) in [6.45, 7) is 2.10. The van der Waals surface area contributed by atoms with Crippen molar-refractivity contribution in [2.24, 2.45) is 22.1 Å². The molecule has 0 aromatic carbocycles. The second kappa shape index (κ2) is 7.81. The van der Waals surface area contributed by atoms with Crippen LogP contribution in [0.4, 0.5) is 0 Å². The lowest BCUT2D eigenvalue weighted by atomic mass is 9.54. The third kappa shape index (κ3) is 3.32. The Hall–Kier alpha value is -2.91. The summed E-state index contributed by atoms with van der Waals surface area (Å²) in [7, 11) is 1.81. The van der Waals surface area contributed by atoms with Gasteiger partial charge in [0.15, 0.2) is 0 Å². The monoisotopic (exact) mass is 470 g/mol. The van der Waals surface area contributed by atoms with E-state index in [1.165, 1.54) is 9.13 Å². The van der Waals surface area contributed by atoms with Gasteiger partial charge in [0.1, 0.15) is 17.1 Å². The van der Waals surface area contributed by atoms with Crippen LogP contribution < -0.4 is 17.0 Å². The van der Waals surface area contributed by atoms with Crippen molar-refractivity contribution in [2.75, 3.05) is 7.05 Å². The molecule has 0 saturated heterocycles. The fourth-order valence-electron chi connectivity index (χ4n) is 6.99. The van der Waals surface area contributed by atoms with Crippen molar-refractivity contribution in [1.29, 1.82) is 5.41 Å². The topological polar surface area (TPSA) is 147 Å². The predicted octanol–water partition coefficient (Wildman–Crippen LogP) is 1.71. The molecule has 10 heteroatoms. The van der Waals surface area contributed by atoms with E-state index in [-0.39, 0.29) is 28.8 Å². The average Bonchev–Trinajstić information content (AvgIpc) is 3.35. The number of carbonyl (C=O) groups excluding carboxylic acids is 1. The lowest BCUT2D eigenvalue weighted by molar-refractivity contribution is -0.139. The third-order valence-electron chi connectivity index (χ3n) is 8.85. The van der Waals surface area contributed by atoms with Gasteiger partial charge in [0.25, 0.3) is 11.5 Å². The molecule has 0 radical (unpaired) electrons. The molecule has 1 aliphatic heterocycles. The molecule has 1 aromatic heterocycles. The van der Waals surface area contributed by atoms with E-state index in [0.29, 0.717) is 25.1 Å². The minimum Gasteiger partial charge on any atom is -0.494 e. The molecule has 10 nitrogen and oxygen atoms in total. The highest BCUT2D eigenvalue weighted by Crippen LogP contribution is 2.61. The number of hydrogen-bond donors (Lipinski definition) is 3. The Kier molecular flexibility index (Phi) is 5.25. The standard InChI is InChI=1S/C24H34N6O4/c1-14-19(31)28(2)24(27-14)12-23(13-24)9-7-16(8-10-23)30-21(33)17(18(25)26)20(32)29(22(30)34)11-15-5-3-4-6-15/h15-16,32H,3-13H2,1-2H3,(H3,25,26). The van der Waals surface area contributed by atoms with Gasteiger partial charge in [-0.05, 0) is 69.6 Å². The van der Waals surface area contributed by atoms with Crippen molar-refractivity contribution in [3.8, 4) is 5.88 Å². The van der Waals surface area contributed by atoms with Crippen LogP contribution in [0.25, 0.3) is 0 Å². The van der Waals surface area contributed by atoms with Gasteiger partial charge in [0.05, 0.1) is 5.71 Å². The highest BCUT2D eigenvalue weighted by atomic mass is 16.3. The fourth-order valence-corrected chi connectivity index (χ4v) is 6.99. The zero-order valence-corrected chi connectivity index (χ0v) is 20.0. The number of nitrogens with zero attached hydrogens (tertiary/aromatic N) is 4. The van der Waals surface area contributed by atoms with Crippen molar-refractivity contribution in [1.82, 2.24) is 14.0 Å². The Morgan fingerprint density at radius 3 is 2.29 bits per heavy atom. The Labute approximate surface area is 198 Å². The molecular formula is C24H34N6O4. The van der Waals surface area contributed by atoms with Gasteiger partial charge in [-0.25, -0.2) is 4.79 Å². The van der Waals surface area contributed by atoms with Crippen molar-refractivity contribution in [3.05, 3.63) is 26.4 Å². The molecule has 3 saturated carbocycles. The minimum atomic E-state index is -0.676. The van der Waals surface area contributed by atoms with Crippen LogP contribution in [0.15, 0.2) is 14.6 Å². The van der Waals surface area contributed by atoms with E-state index in [1.807, 2.05) is 7.05 Å². The third-order valence-corrected chi connectivity index (χ3v) is 8.85. The first-order valence-corrected chi connectivity index (χ1v) is 12.3. The van der Waals surface area contributed by atoms with Crippen LogP contribution in [-0.2, 0) is 11.3 Å². The zero-order valence-electron chi connectivity index (χ0n) is 20.0. The van der Waals surface area contributed by atoms with Crippen LogP contribution in [-0.4, -0.2) is 49.3 Å². The molecule has 3 aliphatic carbocycles. The summed E-state index contributed by atoms with van der Waals surface area (Å²) >= 11 is 0. The molecule has 1 amide bonds. The molecule has 34 heavy (non-hydrogen) atoms. The number of carbonyl (C=O) groups is 1. The molecule has 0 atom stereocenters. The second-order valence-electron chi connectivity index (χ2n) is 11.0. The van der Waals surface area contributed by atoms with E-state index in [0.717, 1.165) is 51.4 Å². The molecule has 2 heterocycles. The van der Waals surface area contributed by atoms with Gasteiger partial charge >= 0.3 is 5.69 Å². The summed E-state index contributed by atoms with van der Waals surface area (Å²) in [5.41, 5.74) is 4.39. The minimum absolute atomic E-state index is 0.0150. The molecule has 2 spiro atoms. The van der Waals surface area contributed by atoms with E-state index in [9.17, 15) is 19.5 Å². The van der Waals surface area contributed by atoms with Gasteiger partial charge in [-0.2, -0.15) is 0 Å². The van der Waals surface area contributed by atoms with Gasteiger partial charge in [0.2, 0.25) is 5.88 Å². The molecule has 3 fully saturated rings. The van der Waals surface area contributed by atoms with Gasteiger partial charge in [-0.1, -0.05) is 12.8 Å². The molecular weight excluding hydrogens is 436 g/mol. The van der Waals surface area contributed by atoms with E-state index in [4.69, 9.17) is 11.1 Å². The van der Waals surface area contributed by atoms with Crippen molar-refractivity contribution < 1.29 is 9.90 Å². The van der Waals surface area contributed by atoms with E-state index < -0.39 is 28.6 Å². The smallest absolute Gasteiger partial charge is 0.334 e. The highest BCUT2D eigenvalue weighted by molar-refractivity contribution is 6.39. The number of hydrogen-bond acceptors (Lipinski definition) is 6. The maximum atomic E-state index is 13.4. The maximum Gasteiger partial charge on any atom is 0.334 e. The highest BCUT2D eigenvalue weighted by Gasteiger charge is 2.60. The number of aliphatic imine (C=N–C) groups is 1. The summed E-state index contributed by atoms with van der Waals surface area (Å²) in [6, 6.07) is -0.302. The van der Waals surface area contributed by atoms with Crippen LogP contribution in [0, 0.1) is 16.7 Å². The maximum absolute atomic E-state index is 13.4. The van der Waals surface area contributed by atoms with Gasteiger partial charge in [-0.15, -0.1) is 0 Å². The predicted molar refractivity (Wildman–Crippen MR) is 127 cm³/mol. The molecule has 5 rings (SSSR count). The Bertz CT molecular complexity index is 1190. The summed E-state index contributed by atoms with van der Waals surface area (Å²) in [4.78, 5) is 45.3. The van der Waals surface area contributed by atoms with Gasteiger partial charge in [-0.3, -0.25) is 29.1 Å². The number of nitrogen functional groups attached to an aromatic ring is 1. The van der Waals surface area contributed by atoms with Crippen LogP contribution >= 0.6 is 0 Å². The van der Waals surface area contributed by atoms with Crippen LogP contribution in [0.5, 0.6) is 5.88 Å². The lowest BCUT2D eigenvalue weighted by Gasteiger charge is -2.58. The first-order valence-electron chi connectivity index (χ1n) is 12.3. The first kappa shape index (κ1) is 22.9. The molecule has 1 aromatic rings. The van der Waals surface area contributed by atoms with Gasteiger partial charge < -0.3 is 15.7 Å². The number of aromatic hydroxyl groups is 1. The molecule has 4 N–H and O–H groups in total. The summed E-state index contributed by atoms with van der Waals surface area (Å²) < 4.78 is 2.49. The van der Waals surface area contributed by atoms with E-state index >= 15 is 0 Å². The molecule has 0 unspecified atom stereocenters. The Morgan fingerprint density at radius 2 is 1.76 bits per heavy atom. The fraction of sp³-hybridized carbons (Fsp3) is 0.708. The summed E-state index contributed by atoms with van der Waals surface area (Å²) in [5.74, 6) is -0.753. The molecule has 0 bridgehead atoms. The largest absolute Gasteiger partial charge is 0.494 e. The molecule has 184 valence electrons. The number of amidine groups is 1. The van der Waals surface area contributed by atoms with Gasteiger partial charge in [0, 0.05) is 19.6 Å². The molecule has 4 aliphatic rings. The van der Waals surface area contributed by atoms with E-state index in [1.54, 1.807) is 11.8 Å². The van der Waals surface area contributed by atoms with Crippen LogP contribution in [0.3, 0.4) is 0 Å². The number of nitrogens with two attached hydrogens (primary N) is 1. The number of amides is 1. The summed E-state index contributed by atoms with van der Waals surface area (Å²) in [5, 5.41) is 18.6. The average molecular weight is 471 g/mol. The van der Waals surface area contributed by atoms with Crippen LogP contribution in [0.1, 0.15) is 82.7 Å². The van der Waals surface area contributed by atoms with Crippen molar-refractivity contribution in [3.63, 3.8) is 0 Å². The van der Waals surface area contributed by atoms with Crippen LogP contribution in [0.2, 0.25) is 0 Å². The number of rotatable bonds is 4. The number of aromatic nitrogens is 2. The number of nitrogens with one attached hydrogen (secondary N) is 1. The Balaban J connectivity index is 1.40. The summed E-state index contributed by atoms with van der Waals surface area (Å²) in [6.07, 6.45) is 8.73.